The van der Waals surface area contributed by atoms with Crippen LogP contribution in [0, 0.1) is 13.8 Å². The number of hydrogen-bond acceptors (Lipinski definition) is 8. The molecule has 1 N–H and O–H groups in total. The average molecular weight is 368 g/mol. The van der Waals surface area contributed by atoms with Gasteiger partial charge in [-0.05, 0) is 37.1 Å². The molecule has 0 radical (unpaired) electrons. The summed E-state index contributed by atoms with van der Waals surface area (Å²) in [6.45, 7) is 3.34. The van der Waals surface area contributed by atoms with E-state index in [1.807, 2.05) is 0 Å². The smallest absolute Gasteiger partial charge is 0.322 e. The van der Waals surface area contributed by atoms with E-state index in [4.69, 9.17) is 14.2 Å². The van der Waals surface area contributed by atoms with Crippen LogP contribution >= 0.6 is 0 Å². The van der Waals surface area contributed by atoms with Crippen molar-refractivity contribution >= 4 is 10.0 Å². The van der Waals surface area contributed by atoms with Crippen LogP contribution in [0.15, 0.2) is 17.0 Å². The highest BCUT2D eigenvalue weighted by atomic mass is 32.2. The zero-order chi connectivity index (χ0) is 18.6. The highest BCUT2D eigenvalue weighted by Crippen LogP contribution is 2.25. The normalized spacial score (nSPS) is 11.2. The minimum Gasteiger partial charge on any atom is -0.496 e. The van der Waals surface area contributed by atoms with Gasteiger partial charge in [0, 0.05) is 0 Å². The summed E-state index contributed by atoms with van der Waals surface area (Å²) >= 11 is 0. The largest absolute Gasteiger partial charge is 0.496 e. The number of nitrogens with zero attached hydrogens (tertiary/aromatic N) is 3. The molecule has 0 saturated carbocycles. The molecule has 1 aromatic heterocycles. The van der Waals surface area contributed by atoms with Gasteiger partial charge in [-0.25, -0.2) is 13.1 Å². The zero-order valence-electron chi connectivity index (χ0n) is 14.7. The van der Waals surface area contributed by atoms with Gasteiger partial charge in [0.25, 0.3) is 0 Å². The van der Waals surface area contributed by atoms with Gasteiger partial charge in [-0.3, -0.25) is 0 Å². The topological polar surface area (TPSA) is 113 Å². The lowest BCUT2D eigenvalue weighted by Crippen LogP contribution is -2.25. The van der Waals surface area contributed by atoms with Crippen LogP contribution in [-0.4, -0.2) is 44.7 Å². The predicted molar refractivity (Wildman–Crippen MR) is 89.4 cm³/mol. The summed E-state index contributed by atoms with van der Waals surface area (Å²) in [5.41, 5.74) is 1.29. The summed E-state index contributed by atoms with van der Waals surface area (Å²) in [5, 5.41) is 0. The zero-order valence-corrected chi connectivity index (χ0v) is 15.5. The number of ether oxygens (including phenoxy) is 3. The fourth-order valence-electron chi connectivity index (χ4n) is 2.15. The number of methoxy groups -OCH3 is 3. The molecule has 0 aliphatic heterocycles. The van der Waals surface area contributed by atoms with Crippen LogP contribution in [0.3, 0.4) is 0 Å². The third kappa shape index (κ3) is 4.34. The maximum atomic E-state index is 12.6. The summed E-state index contributed by atoms with van der Waals surface area (Å²) in [7, 11) is 0.564. The summed E-state index contributed by atoms with van der Waals surface area (Å²) in [6, 6.07) is 3.32. The van der Waals surface area contributed by atoms with Crippen molar-refractivity contribution in [1.29, 1.82) is 0 Å². The highest BCUT2D eigenvalue weighted by Gasteiger charge is 2.19. The Morgan fingerprint density at radius 2 is 1.52 bits per heavy atom. The molecule has 9 nitrogen and oxygen atoms in total. The van der Waals surface area contributed by atoms with E-state index in [-0.39, 0.29) is 29.3 Å². The molecule has 10 heteroatoms. The first-order chi connectivity index (χ1) is 11.8. The number of rotatable bonds is 7. The standard InChI is InChI=1S/C15H20N4O5S/c1-9-7-12(10(2)6-11(9)22-3)25(20,21)16-8-13-17-14(23-4)19-15(18-13)24-5/h6-7,16H,8H2,1-5H3. The van der Waals surface area contributed by atoms with Crippen LogP contribution < -0.4 is 18.9 Å². The summed E-state index contributed by atoms with van der Waals surface area (Å²) in [5.74, 6) is 0.804. The minimum atomic E-state index is -3.76. The summed E-state index contributed by atoms with van der Waals surface area (Å²) in [4.78, 5) is 12.0. The Labute approximate surface area is 146 Å². The van der Waals surface area contributed by atoms with Crippen molar-refractivity contribution < 1.29 is 22.6 Å². The molecule has 0 spiro atoms. The van der Waals surface area contributed by atoms with Gasteiger partial charge in [0.15, 0.2) is 5.82 Å². The van der Waals surface area contributed by atoms with Crippen molar-refractivity contribution in [3.63, 3.8) is 0 Å². The number of nitrogens with one attached hydrogen (secondary N) is 1. The molecule has 0 fully saturated rings. The van der Waals surface area contributed by atoms with Crippen molar-refractivity contribution in [3.8, 4) is 17.8 Å². The van der Waals surface area contributed by atoms with E-state index in [1.165, 1.54) is 21.3 Å². The van der Waals surface area contributed by atoms with E-state index in [0.717, 1.165) is 5.56 Å². The summed E-state index contributed by atoms with van der Waals surface area (Å²) < 4.78 is 42.8. The Balaban J connectivity index is 2.27. The highest BCUT2D eigenvalue weighted by molar-refractivity contribution is 7.89. The molecule has 2 rings (SSSR count). The van der Waals surface area contributed by atoms with Crippen molar-refractivity contribution in [2.45, 2.75) is 25.3 Å². The van der Waals surface area contributed by atoms with E-state index < -0.39 is 10.0 Å². The second kappa shape index (κ2) is 7.62. The molecule has 0 atom stereocenters. The molecular weight excluding hydrogens is 348 g/mol. The maximum Gasteiger partial charge on any atom is 0.322 e. The van der Waals surface area contributed by atoms with Gasteiger partial charge in [0.1, 0.15) is 5.75 Å². The van der Waals surface area contributed by atoms with E-state index >= 15 is 0 Å². The number of aryl methyl sites for hydroxylation is 2. The Kier molecular flexibility index (Phi) is 5.75. The van der Waals surface area contributed by atoms with Crippen LogP contribution in [-0.2, 0) is 16.6 Å². The lowest BCUT2D eigenvalue weighted by atomic mass is 10.1. The van der Waals surface area contributed by atoms with E-state index in [9.17, 15) is 8.42 Å². The lowest BCUT2D eigenvalue weighted by Gasteiger charge is -2.12. The number of aromatic nitrogens is 3. The molecule has 0 aliphatic rings. The van der Waals surface area contributed by atoms with Crippen molar-refractivity contribution in [2.75, 3.05) is 21.3 Å². The van der Waals surface area contributed by atoms with Crippen LogP contribution in [0.1, 0.15) is 17.0 Å². The fraction of sp³-hybridized carbons (Fsp3) is 0.400. The molecule has 2 aromatic rings. The van der Waals surface area contributed by atoms with Gasteiger partial charge >= 0.3 is 12.0 Å². The third-order valence-electron chi connectivity index (χ3n) is 3.41. The van der Waals surface area contributed by atoms with Gasteiger partial charge < -0.3 is 14.2 Å². The van der Waals surface area contributed by atoms with Crippen molar-refractivity contribution in [1.82, 2.24) is 19.7 Å². The van der Waals surface area contributed by atoms with Crippen molar-refractivity contribution in [3.05, 3.63) is 29.1 Å². The Morgan fingerprint density at radius 3 is 2.04 bits per heavy atom. The first kappa shape index (κ1) is 18.9. The van der Waals surface area contributed by atoms with Crippen LogP contribution in [0.5, 0.6) is 17.8 Å². The van der Waals surface area contributed by atoms with Gasteiger partial charge in [0.05, 0.1) is 32.8 Å². The fourth-order valence-corrected chi connectivity index (χ4v) is 3.44. The molecule has 136 valence electrons. The molecule has 1 heterocycles. The monoisotopic (exact) mass is 368 g/mol. The van der Waals surface area contributed by atoms with Gasteiger partial charge in [-0.1, -0.05) is 0 Å². The quantitative estimate of drug-likeness (QED) is 0.770. The Hall–Kier alpha value is -2.46. The van der Waals surface area contributed by atoms with Gasteiger partial charge in [-0.15, -0.1) is 4.98 Å². The molecule has 0 saturated heterocycles. The van der Waals surface area contributed by atoms with Crippen LogP contribution in [0.25, 0.3) is 0 Å². The molecular formula is C15H20N4O5S. The Morgan fingerprint density at radius 1 is 0.920 bits per heavy atom. The van der Waals surface area contributed by atoms with Crippen molar-refractivity contribution in [2.24, 2.45) is 0 Å². The first-order valence-electron chi connectivity index (χ1n) is 7.28. The second-order valence-electron chi connectivity index (χ2n) is 5.14. The molecule has 0 bridgehead atoms. The summed E-state index contributed by atoms with van der Waals surface area (Å²) in [6.07, 6.45) is 0. The van der Waals surface area contributed by atoms with E-state index in [1.54, 1.807) is 26.0 Å². The number of sulfonamides is 1. The van der Waals surface area contributed by atoms with Crippen LogP contribution in [0.4, 0.5) is 0 Å². The molecule has 0 amide bonds. The van der Waals surface area contributed by atoms with Gasteiger partial charge in [0.2, 0.25) is 10.0 Å². The third-order valence-corrected chi connectivity index (χ3v) is 4.95. The molecule has 1 aromatic carbocycles. The van der Waals surface area contributed by atoms with Gasteiger partial charge in [-0.2, -0.15) is 9.97 Å². The molecule has 0 unspecified atom stereocenters. The predicted octanol–water partition coefficient (Wildman–Crippen LogP) is 0.993. The van der Waals surface area contributed by atoms with Crippen LogP contribution in [0.2, 0.25) is 0 Å². The first-order valence-corrected chi connectivity index (χ1v) is 8.77. The molecule has 25 heavy (non-hydrogen) atoms. The second-order valence-corrected chi connectivity index (χ2v) is 6.87. The average Bonchev–Trinajstić information content (AvgIpc) is 2.61. The number of hydrogen-bond donors (Lipinski definition) is 1. The van der Waals surface area contributed by atoms with E-state index in [2.05, 4.69) is 19.7 Å². The Bertz CT molecular complexity index is 848. The molecule has 0 aliphatic carbocycles. The SMILES string of the molecule is COc1nc(CNS(=O)(=O)c2cc(C)c(OC)cc2C)nc(OC)n1. The number of benzene rings is 1. The van der Waals surface area contributed by atoms with E-state index in [0.29, 0.717) is 11.3 Å². The minimum absolute atomic E-state index is 0.0394. The maximum absolute atomic E-state index is 12.6. The lowest BCUT2D eigenvalue weighted by molar-refractivity contribution is 0.336.